The molecule has 0 aliphatic heterocycles. The number of halogens is 3. The van der Waals surface area contributed by atoms with Gasteiger partial charge in [-0.2, -0.15) is 17.6 Å². The maximum Gasteiger partial charge on any atom is 0.464 e. The van der Waals surface area contributed by atoms with E-state index in [0.29, 0.717) is 11.3 Å². The highest BCUT2D eigenvalue weighted by atomic mass is 32.2. The second-order valence-corrected chi connectivity index (χ2v) is 7.15. The highest BCUT2D eigenvalue weighted by molar-refractivity contribution is 8.02. The first-order chi connectivity index (χ1) is 7.50. The number of Topliss-reactive ketones (excluding diaryl/α,β-unsaturated/α-hetero) is 1. The van der Waals surface area contributed by atoms with Crippen molar-refractivity contribution in [3.05, 3.63) is 5.76 Å². The SMILES string of the molecule is CC(C)(C)Sc1[o+]c(C(=O)C(F)(F)F)c(O)s1. The summed E-state index contributed by atoms with van der Waals surface area (Å²) in [7, 11) is 0. The van der Waals surface area contributed by atoms with Crippen LogP contribution in [-0.4, -0.2) is 21.8 Å². The molecule has 0 spiro atoms. The van der Waals surface area contributed by atoms with Crippen molar-refractivity contribution in [2.45, 2.75) is 36.1 Å². The zero-order chi connectivity index (χ0) is 13.4. The van der Waals surface area contributed by atoms with E-state index in [-0.39, 0.29) is 9.15 Å². The Labute approximate surface area is 104 Å². The predicted octanol–water partition coefficient (Wildman–Crippen LogP) is 3.96. The maximum absolute atomic E-state index is 12.1. The number of aromatic hydroxyl groups is 1. The quantitative estimate of drug-likeness (QED) is 0.508. The molecule has 0 unspecified atom stereocenters. The van der Waals surface area contributed by atoms with Gasteiger partial charge in [0.05, 0.1) is 0 Å². The normalized spacial score (nSPS) is 12.8. The highest BCUT2D eigenvalue weighted by Gasteiger charge is 2.50. The number of carbonyl (C=O) groups is 1. The fourth-order valence-corrected chi connectivity index (χ4v) is 3.13. The molecule has 0 aliphatic carbocycles. The predicted molar refractivity (Wildman–Crippen MR) is 58.7 cm³/mol. The summed E-state index contributed by atoms with van der Waals surface area (Å²) in [5.41, 5.74) is 0. The van der Waals surface area contributed by atoms with E-state index >= 15 is 0 Å². The van der Waals surface area contributed by atoms with Gasteiger partial charge in [-0.05, 0) is 11.8 Å². The first kappa shape index (κ1) is 14.3. The van der Waals surface area contributed by atoms with Gasteiger partial charge in [-0.15, -0.1) is 0 Å². The van der Waals surface area contributed by atoms with E-state index in [1.54, 1.807) is 0 Å². The molecule has 96 valence electrons. The number of rotatable bonds is 2. The van der Waals surface area contributed by atoms with Crippen LogP contribution in [0.2, 0.25) is 0 Å². The number of hydrogen-bond donors (Lipinski definition) is 1. The largest absolute Gasteiger partial charge is 0.493 e. The molecule has 0 saturated carbocycles. The summed E-state index contributed by atoms with van der Waals surface area (Å²) in [5, 5.41) is 8.50. The van der Waals surface area contributed by atoms with Gasteiger partial charge in [0, 0.05) is 16.1 Å². The molecule has 0 aromatic carbocycles. The standard InChI is InChI=1S/C9H9F3O3S2/c1-8(2,3)17-7-15-4(6(14)16-7)5(13)9(10,11)12/h1-3H3/p+1. The summed E-state index contributed by atoms with van der Waals surface area (Å²) >= 11 is 1.75. The third kappa shape index (κ3) is 3.88. The van der Waals surface area contributed by atoms with Gasteiger partial charge in [0.25, 0.3) is 5.06 Å². The van der Waals surface area contributed by atoms with E-state index in [0.717, 1.165) is 11.8 Å². The lowest BCUT2D eigenvalue weighted by Crippen LogP contribution is -2.22. The zero-order valence-electron chi connectivity index (χ0n) is 9.21. The van der Waals surface area contributed by atoms with E-state index < -0.39 is 22.8 Å². The summed E-state index contributed by atoms with van der Waals surface area (Å²) in [5.74, 6) is -3.22. The molecule has 0 radical (unpaired) electrons. The maximum atomic E-state index is 12.1. The molecule has 3 nitrogen and oxygen atoms in total. The number of thioether (sulfide) groups is 1. The second-order valence-electron chi connectivity index (χ2n) is 4.13. The molecule has 1 rings (SSSR count). The minimum absolute atomic E-state index is 0.114. The van der Waals surface area contributed by atoms with E-state index in [4.69, 9.17) is 4.42 Å². The van der Waals surface area contributed by atoms with Crippen LogP contribution in [0.1, 0.15) is 31.3 Å². The topological polar surface area (TPSA) is 48.6 Å². The molecule has 1 N–H and O–H groups in total. The van der Waals surface area contributed by atoms with Crippen molar-refractivity contribution in [3.63, 3.8) is 0 Å². The number of alkyl halides is 3. The summed E-state index contributed by atoms with van der Waals surface area (Å²) in [6.45, 7) is 5.49. The Morgan fingerprint density at radius 3 is 2.29 bits per heavy atom. The fraction of sp³-hybridized carbons (Fsp3) is 0.556. The Morgan fingerprint density at radius 2 is 1.88 bits per heavy atom. The molecule has 1 aromatic rings. The van der Waals surface area contributed by atoms with Crippen LogP contribution in [-0.2, 0) is 0 Å². The lowest BCUT2D eigenvalue weighted by atomic mass is 10.3. The van der Waals surface area contributed by atoms with Crippen molar-refractivity contribution >= 4 is 28.9 Å². The number of carbonyl (C=O) groups excluding carboxylic acids is 1. The molecule has 8 heteroatoms. The summed E-state index contributed by atoms with van der Waals surface area (Å²) < 4.78 is 41.0. The van der Waals surface area contributed by atoms with Crippen LogP contribution in [0.3, 0.4) is 0 Å². The van der Waals surface area contributed by atoms with E-state index in [1.807, 2.05) is 20.8 Å². The smallest absolute Gasteiger partial charge is 0.464 e. The lowest BCUT2D eigenvalue weighted by Gasteiger charge is -2.10. The molecule has 1 heterocycles. The van der Waals surface area contributed by atoms with Gasteiger partial charge in [-0.3, -0.25) is 4.79 Å². The van der Waals surface area contributed by atoms with Crippen LogP contribution < -0.4 is 0 Å². The molecule has 0 saturated heterocycles. The van der Waals surface area contributed by atoms with Gasteiger partial charge in [0.1, 0.15) is 0 Å². The monoisotopic (exact) mass is 287 g/mol. The average molecular weight is 287 g/mol. The first-order valence-electron chi connectivity index (χ1n) is 4.47. The van der Waals surface area contributed by atoms with E-state index in [9.17, 15) is 23.1 Å². The Morgan fingerprint density at radius 1 is 1.35 bits per heavy atom. The Bertz CT molecular complexity index is 432. The van der Waals surface area contributed by atoms with Gasteiger partial charge in [-0.1, -0.05) is 20.8 Å². The average Bonchev–Trinajstić information content (AvgIpc) is 2.40. The third-order valence-corrected chi connectivity index (χ3v) is 3.40. The van der Waals surface area contributed by atoms with Gasteiger partial charge < -0.3 is 5.11 Å². The van der Waals surface area contributed by atoms with Crippen molar-refractivity contribution in [1.82, 2.24) is 0 Å². The highest BCUT2D eigenvalue weighted by Crippen LogP contribution is 2.42. The fourth-order valence-electron chi connectivity index (χ4n) is 0.837. The van der Waals surface area contributed by atoms with Gasteiger partial charge >= 0.3 is 22.1 Å². The van der Waals surface area contributed by atoms with Crippen molar-refractivity contribution in [2.24, 2.45) is 0 Å². The van der Waals surface area contributed by atoms with Crippen molar-refractivity contribution in [1.29, 1.82) is 0 Å². The van der Waals surface area contributed by atoms with Crippen LogP contribution in [0.5, 0.6) is 5.06 Å². The summed E-state index contributed by atoms with van der Waals surface area (Å²) in [6.07, 6.45) is -5.05. The van der Waals surface area contributed by atoms with E-state index in [2.05, 4.69) is 0 Å². The molecule has 0 amide bonds. The van der Waals surface area contributed by atoms with E-state index in [1.165, 1.54) is 0 Å². The van der Waals surface area contributed by atoms with Crippen molar-refractivity contribution < 1.29 is 27.5 Å². The Balaban J connectivity index is 3.01. The molecule has 1 aromatic heterocycles. The molecule has 0 atom stereocenters. The lowest BCUT2D eigenvalue weighted by molar-refractivity contribution is -0.0902. The van der Waals surface area contributed by atoms with Crippen LogP contribution in [0.15, 0.2) is 8.82 Å². The van der Waals surface area contributed by atoms with Gasteiger partial charge in [-0.25, -0.2) is 0 Å². The molecule has 0 fully saturated rings. The molecule has 0 aliphatic rings. The summed E-state index contributed by atoms with van der Waals surface area (Å²) in [6, 6.07) is 0. The van der Waals surface area contributed by atoms with Crippen LogP contribution in [0.4, 0.5) is 13.2 Å². The molecular formula is C9H10F3O3S2+. The van der Waals surface area contributed by atoms with Crippen LogP contribution in [0.25, 0.3) is 0 Å². The number of hydrogen-bond acceptors (Lipinski definition) is 4. The van der Waals surface area contributed by atoms with Gasteiger partial charge in [0.2, 0.25) is 0 Å². The Kier molecular flexibility index (Phi) is 3.78. The van der Waals surface area contributed by atoms with Crippen LogP contribution in [0, 0.1) is 0 Å². The minimum atomic E-state index is -5.05. The number of ketones is 1. The molecule has 0 bridgehead atoms. The molecular weight excluding hydrogens is 277 g/mol. The minimum Gasteiger partial charge on any atom is -0.493 e. The summed E-state index contributed by atoms with van der Waals surface area (Å²) in [4.78, 5) is 10.9. The second kappa shape index (κ2) is 4.49. The Hall–Kier alpha value is -0.760. The van der Waals surface area contributed by atoms with Crippen molar-refractivity contribution in [2.75, 3.05) is 0 Å². The first-order valence-corrected chi connectivity index (χ1v) is 6.10. The zero-order valence-corrected chi connectivity index (χ0v) is 10.8. The van der Waals surface area contributed by atoms with Crippen molar-refractivity contribution in [3.8, 4) is 5.06 Å². The van der Waals surface area contributed by atoms with Crippen LogP contribution >= 0.6 is 23.1 Å². The third-order valence-electron chi connectivity index (χ3n) is 1.41. The molecule has 17 heavy (non-hydrogen) atoms. The van der Waals surface area contributed by atoms with Gasteiger partial charge in [0.15, 0.2) is 0 Å².